The Hall–Kier alpha value is -6.07. The number of aryl methyl sites for hydroxylation is 3. The van der Waals surface area contributed by atoms with E-state index in [0.717, 1.165) is 55.3 Å². The molecular weight excluding hydrogens is 903 g/mol. The summed E-state index contributed by atoms with van der Waals surface area (Å²) in [5, 5.41) is 2.82. The SMILES string of the molecule is [2H]C([2H])([2H])c1c[c-]c(-c2ccc(C([2H])([2H])[2H])cn2)cc1.[2H]C([2H])([2H])c1ccc2c(c1)oc1c(-c3nc4ccccc4n3-c3c(C(C)C)cc(-c4cc5ccccc5o4)cc3C(C)C)[c-]ccc12.[Ir]. The van der Waals surface area contributed by atoms with E-state index in [1.807, 2.05) is 54.6 Å². The molecule has 4 heterocycles. The van der Waals surface area contributed by atoms with Gasteiger partial charge in [0.1, 0.15) is 16.9 Å². The Bertz CT molecular complexity index is 3320. The van der Waals surface area contributed by atoms with Gasteiger partial charge < -0.3 is 18.4 Å². The number of fused-ring (bicyclic) bond motifs is 5. The predicted octanol–water partition coefficient (Wildman–Crippen LogP) is 14.5. The number of hydrogen-bond donors (Lipinski definition) is 0. The molecule has 1 radical (unpaired) electrons. The van der Waals surface area contributed by atoms with Crippen LogP contribution in [0, 0.1) is 32.7 Å². The van der Waals surface area contributed by atoms with Crippen LogP contribution in [0.2, 0.25) is 0 Å². The van der Waals surface area contributed by atoms with Crippen molar-refractivity contribution in [2.45, 2.75) is 60.1 Å². The predicted molar refractivity (Wildman–Crippen MR) is 239 cm³/mol. The van der Waals surface area contributed by atoms with Crippen LogP contribution in [0.25, 0.3) is 83.6 Å². The van der Waals surface area contributed by atoms with Gasteiger partial charge in [-0.25, -0.2) is 0 Å². The van der Waals surface area contributed by atoms with E-state index in [1.54, 1.807) is 24.3 Å². The van der Waals surface area contributed by atoms with E-state index in [2.05, 4.69) is 79.7 Å². The maximum absolute atomic E-state index is 7.92. The molecule has 0 saturated heterocycles. The first-order chi connectivity index (χ1) is 31.8. The zero-order chi connectivity index (χ0) is 47.6. The van der Waals surface area contributed by atoms with E-state index in [1.165, 1.54) is 35.5 Å². The van der Waals surface area contributed by atoms with Gasteiger partial charge in [-0.3, -0.25) is 4.98 Å². The quantitative estimate of drug-likeness (QED) is 0.156. The van der Waals surface area contributed by atoms with Crippen LogP contribution in [-0.4, -0.2) is 14.5 Å². The van der Waals surface area contributed by atoms with E-state index in [4.69, 9.17) is 26.2 Å². The van der Waals surface area contributed by atoms with Gasteiger partial charge in [0.05, 0.1) is 22.4 Å². The van der Waals surface area contributed by atoms with Crippen molar-refractivity contribution < 1.29 is 41.3 Å². The zero-order valence-electron chi connectivity index (χ0n) is 41.8. The molecule has 0 atom stereocenters. The molecule has 0 aliphatic rings. The molecule has 4 aromatic heterocycles. The van der Waals surface area contributed by atoms with Crippen molar-refractivity contribution in [1.82, 2.24) is 14.5 Å². The standard InChI is InChI=1S/C40H33N2O2.C13H12N.Ir/c1-23(2)31-20-27(36-22-26-11-6-9-16-35(26)43-36)21-32(24(3)4)38(31)42-34-15-8-7-14-33(34)41-40(42)30-13-10-12-29-28-18-17-25(5)19-37(28)44-39(29)30;1-10-3-6-12(7-4-10)13-8-5-11(2)9-14-13;/h6-12,14-24H,1-5H3;3-6,8-9H,1-2H3;/q2*-1;/i5D3;1D3,2D3;. The summed E-state index contributed by atoms with van der Waals surface area (Å²) in [6, 6.07) is 45.8. The summed E-state index contributed by atoms with van der Waals surface area (Å²) in [5.41, 5.74) is 10.8. The van der Waals surface area contributed by atoms with Crippen LogP contribution in [0.3, 0.4) is 0 Å². The fraction of sp³-hybridized carbons (Fsp3) is 0.170. The second-order valence-electron chi connectivity index (χ2n) is 15.1. The topological polar surface area (TPSA) is 57.0 Å². The molecule has 0 spiro atoms. The van der Waals surface area contributed by atoms with Gasteiger partial charge in [-0.2, -0.15) is 0 Å². The maximum Gasteiger partial charge on any atom is 0.135 e. The van der Waals surface area contributed by atoms with Crippen LogP contribution in [0.4, 0.5) is 0 Å². The summed E-state index contributed by atoms with van der Waals surface area (Å²) in [4.78, 5) is 9.29. The number of furan rings is 2. The molecule has 0 aliphatic heterocycles. The Labute approximate surface area is 371 Å². The summed E-state index contributed by atoms with van der Waals surface area (Å²) in [6.07, 6.45) is 1.30. The first-order valence-corrected chi connectivity index (χ1v) is 19.3. The third-order valence-corrected chi connectivity index (χ3v) is 10.4. The van der Waals surface area contributed by atoms with Crippen LogP contribution >= 0.6 is 0 Å². The van der Waals surface area contributed by atoms with E-state index in [9.17, 15) is 0 Å². The van der Waals surface area contributed by atoms with Crippen LogP contribution < -0.4 is 0 Å². The fourth-order valence-electron chi connectivity index (χ4n) is 7.55. The Morgan fingerprint density at radius 2 is 1.42 bits per heavy atom. The molecule has 0 unspecified atom stereocenters. The molecular formula is C53H45IrN3O2-2. The largest absolute Gasteiger partial charge is 0.501 e. The minimum Gasteiger partial charge on any atom is -0.501 e. The van der Waals surface area contributed by atoms with Gasteiger partial charge in [-0.1, -0.05) is 100 Å². The number of para-hydroxylation sites is 3. The molecule has 59 heavy (non-hydrogen) atoms. The molecule has 10 aromatic rings. The van der Waals surface area contributed by atoms with Gasteiger partial charge in [0.15, 0.2) is 0 Å². The minimum absolute atomic E-state index is 0. The summed E-state index contributed by atoms with van der Waals surface area (Å²) >= 11 is 0. The number of pyridine rings is 1. The number of hydrogen-bond acceptors (Lipinski definition) is 4. The third kappa shape index (κ3) is 7.55. The molecule has 0 fully saturated rings. The Balaban J connectivity index is 0.000000251. The van der Waals surface area contributed by atoms with Crippen molar-refractivity contribution in [2.75, 3.05) is 0 Å². The van der Waals surface area contributed by atoms with Crippen LogP contribution in [0.5, 0.6) is 0 Å². The maximum atomic E-state index is 7.92. The number of benzene rings is 6. The van der Waals surface area contributed by atoms with E-state index in [0.29, 0.717) is 28.2 Å². The molecule has 0 N–H and O–H groups in total. The Kier molecular flexibility index (Phi) is 8.29. The monoisotopic (exact) mass is 957 g/mol. The van der Waals surface area contributed by atoms with Crippen LogP contribution in [0.15, 0.2) is 142 Å². The summed E-state index contributed by atoms with van der Waals surface area (Å²) in [5.74, 6) is 1.93. The Morgan fingerprint density at radius 1 is 0.678 bits per heavy atom. The van der Waals surface area contributed by atoms with E-state index < -0.39 is 20.6 Å². The average Bonchev–Trinajstić information content (AvgIpc) is 4.01. The second kappa shape index (κ2) is 16.3. The molecule has 6 aromatic carbocycles. The first-order valence-electron chi connectivity index (χ1n) is 23.8. The molecule has 6 heteroatoms. The minimum atomic E-state index is -2.23. The number of rotatable bonds is 6. The molecule has 5 nitrogen and oxygen atoms in total. The van der Waals surface area contributed by atoms with Crippen molar-refractivity contribution in [2.24, 2.45) is 0 Å². The summed E-state index contributed by atoms with van der Waals surface area (Å²) < 4.78 is 82.5. The van der Waals surface area contributed by atoms with Gasteiger partial charge in [0.25, 0.3) is 0 Å². The molecule has 10 rings (SSSR count). The smallest absolute Gasteiger partial charge is 0.135 e. The first kappa shape index (κ1) is 30.0. The molecule has 0 aliphatic carbocycles. The third-order valence-electron chi connectivity index (χ3n) is 10.4. The fourth-order valence-corrected chi connectivity index (χ4v) is 7.55. The van der Waals surface area contributed by atoms with Gasteiger partial charge >= 0.3 is 0 Å². The van der Waals surface area contributed by atoms with Gasteiger partial charge in [-0.05, 0) is 96.0 Å². The number of aromatic nitrogens is 3. The second-order valence-corrected chi connectivity index (χ2v) is 15.1. The van der Waals surface area contributed by atoms with Crippen LogP contribution in [-0.2, 0) is 20.1 Å². The normalized spacial score (nSPS) is 14.4. The van der Waals surface area contributed by atoms with Gasteiger partial charge in [-0.15, -0.1) is 53.6 Å². The van der Waals surface area contributed by atoms with Crippen molar-refractivity contribution in [1.29, 1.82) is 0 Å². The van der Waals surface area contributed by atoms with Gasteiger partial charge in [0, 0.05) is 60.7 Å². The number of imidazole rings is 1. The summed E-state index contributed by atoms with van der Waals surface area (Å²) in [7, 11) is 0. The van der Waals surface area contributed by atoms with Crippen molar-refractivity contribution in [3.8, 4) is 39.7 Å². The number of nitrogens with zero attached hydrogens (tertiary/aromatic N) is 3. The van der Waals surface area contributed by atoms with E-state index >= 15 is 0 Å². The van der Waals surface area contributed by atoms with Crippen molar-refractivity contribution in [3.63, 3.8) is 0 Å². The molecule has 0 bridgehead atoms. The summed E-state index contributed by atoms with van der Waals surface area (Å²) in [6.45, 7) is 2.31. The van der Waals surface area contributed by atoms with Gasteiger partial charge in [0.2, 0.25) is 0 Å². The van der Waals surface area contributed by atoms with Crippen molar-refractivity contribution >= 4 is 43.9 Å². The average molecular weight is 957 g/mol. The zero-order valence-corrected chi connectivity index (χ0v) is 35.2. The molecule has 295 valence electrons. The van der Waals surface area contributed by atoms with Crippen LogP contribution in [0.1, 0.15) is 79.7 Å². The van der Waals surface area contributed by atoms with E-state index in [-0.39, 0.29) is 48.6 Å². The molecule has 0 amide bonds. The Morgan fingerprint density at radius 3 is 2.14 bits per heavy atom. The van der Waals surface area contributed by atoms with Crippen molar-refractivity contribution in [3.05, 3.63) is 174 Å². The molecule has 0 saturated carbocycles.